The summed E-state index contributed by atoms with van der Waals surface area (Å²) in [7, 11) is 0. The molecule has 8 heteroatoms. The van der Waals surface area contributed by atoms with E-state index in [1.165, 1.54) is 4.68 Å². The van der Waals surface area contributed by atoms with Crippen LogP contribution in [-0.2, 0) is 0 Å². The first kappa shape index (κ1) is 18.3. The third-order valence-electron chi connectivity index (χ3n) is 3.73. The van der Waals surface area contributed by atoms with E-state index in [1.54, 1.807) is 42.5 Å². The highest BCUT2D eigenvalue weighted by Crippen LogP contribution is 2.35. The van der Waals surface area contributed by atoms with Gasteiger partial charge in [-0.1, -0.05) is 47.5 Å². The summed E-state index contributed by atoms with van der Waals surface area (Å²) >= 11 is 12.3. The Morgan fingerprint density at radius 2 is 1.85 bits per heavy atom. The van der Waals surface area contributed by atoms with Crippen molar-refractivity contribution in [3.8, 4) is 16.9 Å². The summed E-state index contributed by atoms with van der Waals surface area (Å²) in [4.78, 5) is 11.8. The van der Waals surface area contributed by atoms with Crippen molar-refractivity contribution in [2.24, 2.45) is 5.73 Å². The number of hydrogen-bond acceptors (Lipinski definition) is 4. The highest BCUT2D eigenvalue weighted by atomic mass is 35.5. The predicted octanol–water partition coefficient (Wildman–Crippen LogP) is 3.91. The van der Waals surface area contributed by atoms with Crippen LogP contribution in [0.2, 0.25) is 10.0 Å². The first-order valence-electron chi connectivity index (χ1n) is 7.84. The van der Waals surface area contributed by atoms with Crippen LogP contribution in [0.4, 0.5) is 5.69 Å². The molecule has 0 amide bonds. The lowest BCUT2D eigenvalue weighted by Gasteiger charge is -2.12. The fraction of sp³-hybridized carbons (Fsp3) is 0.111. The number of nitrogens with two attached hydrogens (primary N) is 1. The third kappa shape index (κ3) is 3.53. The summed E-state index contributed by atoms with van der Waals surface area (Å²) in [5.74, 6) is -1.15. The molecule has 0 aliphatic heterocycles. The van der Waals surface area contributed by atoms with Crippen molar-refractivity contribution >= 4 is 34.9 Å². The largest absolute Gasteiger partial charge is 0.476 e. The van der Waals surface area contributed by atoms with Crippen molar-refractivity contribution < 1.29 is 9.90 Å². The van der Waals surface area contributed by atoms with Gasteiger partial charge in [0.05, 0.1) is 22.1 Å². The number of aromatic carboxylic acids is 1. The van der Waals surface area contributed by atoms with Gasteiger partial charge >= 0.3 is 5.97 Å². The molecule has 3 rings (SSSR count). The quantitative estimate of drug-likeness (QED) is 0.592. The van der Waals surface area contributed by atoms with Crippen LogP contribution in [-0.4, -0.2) is 33.9 Å². The van der Waals surface area contributed by atoms with Crippen molar-refractivity contribution in [1.82, 2.24) is 9.78 Å². The van der Waals surface area contributed by atoms with E-state index in [4.69, 9.17) is 28.9 Å². The van der Waals surface area contributed by atoms with Crippen molar-refractivity contribution in [2.75, 3.05) is 18.4 Å². The Kier molecular flexibility index (Phi) is 5.46. The Morgan fingerprint density at radius 1 is 1.15 bits per heavy atom. The number of para-hydroxylation sites is 1. The molecule has 0 bridgehead atoms. The van der Waals surface area contributed by atoms with E-state index >= 15 is 0 Å². The van der Waals surface area contributed by atoms with Gasteiger partial charge in [0, 0.05) is 23.7 Å². The number of nitrogens with zero attached hydrogens (tertiary/aromatic N) is 2. The zero-order chi connectivity index (χ0) is 18.7. The van der Waals surface area contributed by atoms with E-state index in [1.807, 2.05) is 6.07 Å². The summed E-state index contributed by atoms with van der Waals surface area (Å²) in [6.07, 6.45) is 0. The second-order valence-corrected chi connectivity index (χ2v) is 6.31. The minimum atomic E-state index is -1.15. The number of halogens is 2. The Hall–Kier alpha value is -2.54. The van der Waals surface area contributed by atoms with E-state index in [2.05, 4.69) is 10.4 Å². The number of hydrogen-bond donors (Lipinski definition) is 3. The Labute approximate surface area is 160 Å². The van der Waals surface area contributed by atoms with Gasteiger partial charge in [-0.25, -0.2) is 9.48 Å². The molecule has 26 heavy (non-hydrogen) atoms. The van der Waals surface area contributed by atoms with Gasteiger partial charge in [0.2, 0.25) is 0 Å². The van der Waals surface area contributed by atoms with Gasteiger partial charge in [-0.15, -0.1) is 0 Å². The highest BCUT2D eigenvalue weighted by Gasteiger charge is 2.25. The van der Waals surface area contributed by atoms with Crippen LogP contribution in [0, 0.1) is 0 Å². The van der Waals surface area contributed by atoms with E-state index in [0.29, 0.717) is 40.2 Å². The van der Waals surface area contributed by atoms with Gasteiger partial charge in [-0.2, -0.15) is 5.10 Å². The number of carboxylic acid groups (broad SMARTS) is 1. The van der Waals surface area contributed by atoms with E-state index in [-0.39, 0.29) is 5.69 Å². The molecule has 4 N–H and O–H groups in total. The molecule has 0 spiro atoms. The van der Waals surface area contributed by atoms with Crippen molar-refractivity contribution in [1.29, 1.82) is 0 Å². The summed E-state index contributed by atoms with van der Waals surface area (Å²) < 4.78 is 1.52. The summed E-state index contributed by atoms with van der Waals surface area (Å²) in [6, 6.07) is 14.1. The zero-order valence-corrected chi connectivity index (χ0v) is 15.1. The summed E-state index contributed by atoms with van der Waals surface area (Å²) in [5.41, 5.74) is 7.74. The average molecular weight is 391 g/mol. The lowest BCUT2D eigenvalue weighted by Crippen LogP contribution is -2.15. The molecule has 1 heterocycles. The molecule has 3 aromatic rings. The monoisotopic (exact) mass is 390 g/mol. The van der Waals surface area contributed by atoms with Crippen LogP contribution in [0.15, 0.2) is 48.5 Å². The highest BCUT2D eigenvalue weighted by molar-refractivity contribution is 6.32. The molecule has 0 saturated carbocycles. The normalized spacial score (nSPS) is 10.7. The number of carboxylic acids is 1. The van der Waals surface area contributed by atoms with Gasteiger partial charge in [-0.3, -0.25) is 0 Å². The first-order chi connectivity index (χ1) is 12.5. The fourth-order valence-corrected chi connectivity index (χ4v) is 2.95. The van der Waals surface area contributed by atoms with Crippen LogP contribution in [0.25, 0.3) is 16.9 Å². The first-order valence-corrected chi connectivity index (χ1v) is 8.59. The minimum Gasteiger partial charge on any atom is -0.476 e. The Morgan fingerprint density at radius 3 is 2.46 bits per heavy atom. The maximum Gasteiger partial charge on any atom is 0.358 e. The molecule has 0 fully saturated rings. The molecule has 2 aromatic carbocycles. The standard InChI is InChI=1S/C18H16Cl2N4O2/c19-12-7-5-11(6-8-12)17-15(22-10-9-21)16(18(25)26)23-24(17)14-4-2-1-3-13(14)20/h1-8,22H,9-10,21H2,(H,25,26). The maximum atomic E-state index is 11.8. The van der Waals surface area contributed by atoms with Crippen molar-refractivity contribution in [3.63, 3.8) is 0 Å². The van der Waals surface area contributed by atoms with Gasteiger partial charge in [0.25, 0.3) is 0 Å². The van der Waals surface area contributed by atoms with Gasteiger partial charge in [-0.05, 0) is 24.3 Å². The molecule has 0 atom stereocenters. The second-order valence-electron chi connectivity index (χ2n) is 5.46. The SMILES string of the molecule is NCCNc1c(C(=O)O)nn(-c2ccccc2Cl)c1-c1ccc(Cl)cc1. The van der Waals surface area contributed by atoms with Gasteiger partial charge < -0.3 is 16.2 Å². The van der Waals surface area contributed by atoms with Crippen LogP contribution in [0.3, 0.4) is 0 Å². The van der Waals surface area contributed by atoms with Crippen LogP contribution < -0.4 is 11.1 Å². The number of benzene rings is 2. The van der Waals surface area contributed by atoms with E-state index < -0.39 is 5.97 Å². The average Bonchev–Trinajstić information content (AvgIpc) is 3.00. The molecule has 0 aliphatic carbocycles. The van der Waals surface area contributed by atoms with Gasteiger partial charge in [0.1, 0.15) is 0 Å². The number of aromatic nitrogens is 2. The van der Waals surface area contributed by atoms with Crippen LogP contribution in [0.5, 0.6) is 0 Å². The second kappa shape index (κ2) is 7.78. The Balaban J connectivity index is 2.30. The van der Waals surface area contributed by atoms with Crippen molar-refractivity contribution in [3.05, 3.63) is 64.3 Å². The predicted molar refractivity (Wildman–Crippen MR) is 104 cm³/mol. The van der Waals surface area contributed by atoms with Crippen LogP contribution in [0.1, 0.15) is 10.5 Å². The molecule has 6 nitrogen and oxygen atoms in total. The number of anilines is 1. The van der Waals surface area contributed by atoms with Gasteiger partial charge in [0.15, 0.2) is 5.69 Å². The molecule has 0 aliphatic rings. The fourth-order valence-electron chi connectivity index (χ4n) is 2.60. The zero-order valence-electron chi connectivity index (χ0n) is 13.6. The minimum absolute atomic E-state index is 0.108. The molecular weight excluding hydrogens is 375 g/mol. The summed E-state index contributed by atoms with van der Waals surface area (Å²) in [6.45, 7) is 0.742. The topological polar surface area (TPSA) is 93.2 Å². The molecule has 0 saturated heterocycles. The lowest BCUT2D eigenvalue weighted by atomic mass is 10.1. The number of rotatable bonds is 6. The smallest absolute Gasteiger partial charge is 0.358 e. The molecule has 134 valence electrons. The number of carbonyl (C=O) groups is 1. The molecule has 0 unspecified atom stereocenters. The number of nitrogens with one attached hydrogen (secondary N) is 1. The molecule has 0 radical (unpaired) electrons. The van der Waals surface area contributed by atoms with Crippen LogP contribution >= 0.6 is 23.2 Å². The molecule has 1 aromatic heterocycles. The Bertz CT molecular complexity index is 939. The van der Waals surface area contributed by atoms with E-state index in [0.717, 1.165) is 5.56 Å². The maximum absolute atomic E-state index is 11.8. The summed E-state index contributed by atoms with van der Waals surface area (Å²) in [5, 5.41) is 18.0. The molecular formula is C18H16Cl2N4O2. The lowest BCUT2D eigenvalue weighted by molar-refractivity contribution is 0.0691. The third-order valence-corrected chi connectivity index (χ3v) is 4.30. The van der Waals surface area contributed by atoms with E-state index in [9.17, 15) is 9.90 Å². The van der Waals surface area contributed by atoms with Crippen molar-refractivity contribution in [2.45, 2.75) is 0 Å².